The number of nitrogens with two attached hydrogens (primary N) is 1. The summed E-state index contributed by atoms with van der Waals surface area (Å²) in [6.07, 6.45) is -0.968. The molecule has 0 saturated heterocycles. The van der Waals surface area contributed by atoms with E-state index in [0.717, 1.165) is 12.1 Å². The fraction of sp³-hybridized carbons (Fsp3) is 0.368. The zero-order valence-corrected chi connectivity index (χ0v) is 14.4. The first-order valence-electron chi connectivity index (χ1n) is 8.52. The molecule has 4 N–H and O–H groups in total. The van der Waals surface area contributed by atoms with Crippen LogP contribution in [0.15, 0.2) is 48.8 Å². The van der Waals surface area contributed by atoms with E-state index in [1.165, 1.54) is 18.3 Å². The monoisotopic (exact) mass is 379 g/mol. The molecule has 144 valence electrons. The van der Waals surface area contributed by atoms with Crippen LogP contribution in [0.5, 0.6) is 0 Å². The molecule has 2 aromatic rings. The van der Waals surface area contributed by atoms with Gasteiger partial charge in [-0.15, -0.1) is 0 Å². The van der Waals surface area contributed by atoms with Crippen LogP contribution < -0.4 is 11.1 Å². The van der Waals surface area contributed by atoms with E-state index in [2.05, 4.69) is 10.3 Å². The maximum Gasteiger partial charge on any atom is 0.416 e. The highest BCUT2D eigenvalue weighted by atomic mass is 19.4. The van der Waals surface area contributed by atoms with Crippen LogP contribution in [0, 0.1) is 5.92 Å². The number of nitrogens with zero attached hydrogens (tertiary/aromatic N) is 1. The Morgan fingerprint density at radius 3 is 2.59 bits per heavy atom. The molecule has 27 heavy (non-hydrogen) atoms. The minimum Gasteiger partial charge on any atom is -0.389 e. The van der Waals surface area contributed by atoms with Crippen molar-refractivity contribution < 1.29 is 23.1 Å². The molecule has 0 aliphatic heterocycles. The third-order valence-electron chi connectivity index (χ3n) is 4.86. The van der Waals surface area contributed by atoms with E-state index in [-0.39, 0.29) is 25.3 Å². The molecule has 3 rings (SSSR count). The molecule has 1 aromatic heterocycles. The second-order valence-corrected chi connectivity index (χ2v) is 6.88. The summed E-state index contributed by atoms with van der Waals surface area (Å²) in [5.74, 6) is -0.761. The molecule has 0 spiro atoms. The number of aliphatic hydroxyl groups is 1. The van der Waals surface area contributed by atoms with Crippen LogP contribution in [0.25, 0.3) is 0 Å². The summed E-state index contributed by atoms with van der Waals surface area (Å²) in [6.45, 7) is 0.0659. The molecule has 1 heterocycles. The summed E-state index contributed by atoms with van der Waals surface area (Å²) in [7, 11) is 0. The SMILES string of the molecule is NCC1(O)CC(C(=O)NC(c2cccnc2)c2cccc(C(F)(F)F)c2)C1. The van der Waals surface area contributed by atoms with E-state index in [9.17, 15) is 23.1 Å². The summed E-state index contributed by atoms with van der Waals surface area (Å²) in [6, 6.07) is 7.41. The summed E-state index contributed by atoms with van der Waals surface area (Å²) >= 11 is 0. The molecule has 1 amide bonds. The number of halogens is 3. The Bertz CT molecular complexity index is 805. The smallest absolute Gasteiger partial charge is 0.389 e. The molecule has 1 aliphatic rings. The van der Waals surface area contributed by atoms with Crippen LogP contribution in [-0.2, 0) is 11.0 Å². The van der Waals surface area contributed by atoms with Gasteiger partial charge in [0.05, 0.1) is 17.2 Å². The molecule has 1 unspecified atom stereocenters. The largest absolute Gasteiger partial charge is 0.416 e. The van der Waals surface area contributed by atoms with E-state index < -0.39 is 29.3 Å². The number of hydrogen-bond donors (Lipinski definition) is 3. The van der Waals surface area contributed by atoms with Gasteiger partial charge in [-0.1, -0.05) is 18.2 Å². The number of amides is 1. The van der Waals surface area contributed by atoms with Crippen molar-refractivity contribution in [2.45, 2.75) is 30.7 Å². The fourth-order valence-electron chi connectivity index (χ4n) is 3.27. The standard InChI is InChI=1S/C19H20F3N3O2/c20-19(21,22)15-5-1-3-12(7-15)16(13-4-2-6-24-10-13)25-17(26)14-8-18(27,9-14)11-23/h1-7,10,14,16,27H,8-9,11,23H2,(H,25,26). The molecule has 1 saturated carbocycles. The highest BCUT2D eigenvalue weighted by Gasteiger charge is 2.45. The third-order valence-corrected chi connectivity index (χ3v) is 4.86. The lowest BCUT2D eigenvalue weighted by Gasteiger charge is -2.42. The highest BCUT2D eigenvalue weighted by molar-refractivity contribution is 5.81. The summed E-state index contributed by atoms with van der Waals surface area (Å²) < 4.78 is 39.2. The molecule has 8 heteroatoms. The van der Waals surface area contributed by atoms with Crippen molar-refractivity contribution in [2.75, 3.05) is 6.54 Å². The minimum absolute atomic E-state index is 0.0659. The second-order valence-electron chi connectivity index (χ2n) is 6.88. The van der Waals surface area contributed by atoms with Crippen LogP contribution in [0.2, 0.25) is 0 Å². The lowest BCUT2D eigenvalue weighted by atomic mass is 9.70. The number of rotatable bonds is 5. The highest BCUT2D eigenvalue weighted by Crippen LogP contribution is 2.38. The first-order chi connectivity index (χ1) is 12.7. The van der Waals surface area contributed by atoms with Crippen molar-refractivity contribution in [2.24, 2.45) is 11.7 Å². The maximum atomic E-state index is 13.1. The predicted octanol–water partition coefficient (Wildman–Crippen LogP) is 2.41. The van der Waals surface area contributed by atoms with Gasteiger partial charge in [-0.2, -0.15) is 13.2 Å². The van der Waals surface area contributed by atoms with Gasteiger partial charge in [0.1, 0.15) is 0 Å². The van der Waals surface area contributed by atoms with Crippen molar-refractivity contribution >= 4 is 5.91 Å². The summed E-state index contributed by atoms with van der Waals surface area (Å²) in [4.78, 5) is 16.6. The number of pyridine rings is 1. The van der Waals surface area contributed by atoms with E-state index in [1.807, 2.05) is 0 Å². The van der Waals surface area contributed by atoms with Crippen molar-refractivity contribution in [3.63, 3.8) is 0 Å². The van der Waals surface area contributed by atoms with Gasteiger partial charge in [0.2, 0.25) is 5.91 Å². The Hall–Kier alpha value is -2.45. The van der Waals surface area contributed by atoms with E-state index in [1.54, 1.807) is 18.3 Å². The van der Waals surface area contributed by atoms with Crippen molar-refractivity contribution in [1.29, 1.82) is 0 Å². The van der Waals surface area contributed by atoms with Gasteiger partial charge in [-0.3, -0.25) is 9.78 Å². The molecular formula is C19H20F3N3O2. The Labute approximate surface area is 154 Å². The maximum absolute atomic E-state index is 13.1. The molecule has 1 fully saturated rings. The van der Waals surface area contributed by atoms with Crippen LogP contribution in [-0.4, -0.2) is 28.1 Å². The van der Waals surface area contributed by atoms with Gasteiger partial charge < -0.3 is 16.2 Å². The number of aromatic nitrogens is 1. The molecule has 0 radical (unpaired) electrons. The number of nitrogens with one attached hydrogen (secondary N) is 1. The molecule has 0 bridgehead atoms. The zero-order chi connectivity index (χ0) is 19.7. The molecular weight excluding hydrogens is 359 g/mol. The lowest BCUT2D eigenvalue weighted by Crippen LogP contribution is -2.54. The van der Waals surface area contributed by atoms with E-state index in [4.69, 9.17) is 5.73 Å². The number of benzene rings is 1. The Kier molecular flexibility index (Phi) is 5.21. The molecule has 1 aromatic carbocycles. The molecule has 1 atom stereocenters. The topological polar surface area (TPSA) is 88.2 Å². The van der Waals surface area contributed by atoms with Crippen molar-refractivity contribution in [3.8, 4) is 0 Å². The Balaban J connectivity index is 1.86. The summed E-state index contributed by atoms with van der Waals surface area (Å²) in [5.41, 5.74) is 4.52. The summed E-state index contributed by atoms with van der Waals surface area (Å²) in [5, 5.41) is 12.8. The van der Waals surface area contributed by atoms with Crippen LogP contribution in [0.1, 0.15) is 35.6 Å². The van der Waals surface area contributed by atoms with Gasteiger partial charge >= 0.3 is 6.18 Å². The zero-order valence-electron chi connectivity index (χ0n) is 14.4. The molecule has 1 aliphatic carbocycles. The first-order valence-corrected chi connectivity index (χ1v) is 8.52. The fourth-order valence-corrected chi connectivity index (χ4v) is 3.27. The van der Waals surface area contributed by atoms with Crippen molar-refractivity contribution in [1.82, 2.24) is 10.3 Å². The predicted molar refractivity (Wildman–Crippen MR) is 92.4 cm³/mol. The number of carbonyl (C=O) groups is 1. The average molecular weight is 379 g/mol. The Morgan fingerprint density at radius 1 is 1.30 bits per heavy atom. The van der Waals surface area contributed by atoms with Gasteiger partial charge in [-0.05, 0) is 42.2 Å². The normalized spacial score (nSPS) is 23.4. The first kappa shape index (κ1) is 19.3. The quantitative estimate of drug-likeness (QED) is 0.744. The van der Waals surface area contributed by atoms with Gasteiger partial charge in [0, 0.05) is 24.9 Å². The number of hydrogen-bond acceptors (Lipinski definition) is 4. The van der Waals surface area contributed by atoms with Crippen molar-refractivity contribution in [3.05, 3.63) is 65.5 Å². The average Bonchev–Trinajstić information content (AvgIpc) is 2.63. The lowest BCUT2D eigenvalue weighted by molar-refractivity contribution is -0.140. The number of carbonyl (C=O) groups excluding carboxylic acids is 1. The van der Waals surface area contributed by atoms with E-state index >= 15 is 0 Å². The Morgan fingerprint density at radius 2 is 2.00 bits per heavy atom. The van der Waals surface area contributed by atoms with Crippen LogP contribution in [0.3, 0.4) is 0 Å². The second kappa shape index (κ2) is 7.28. The number of alkyl halides is 3. The van der Waals surface area contributed by atoms with Gasteiger partial charge in [0.15, 0.2) is 0 Å². The molecule has 5 nitrogen and oxygen atoms in total. The van der Waals surface area contributed by atoms with Gasteiger partial charge in [-0.25, -0.2) is 0 Å². The van der Waals surface area contributed by atoms with Gasteiger partial charge in [0.25, 0.3) is 0 Å². The van der Waals surface area contributed by atoms with E-state index in [0.29, 0.717) is 11.1 Å². The third kappa shape index (κ3) is 4.28. The minimum atomic E-state index is -4.48. The van der Waals surface area contributed by atoms with Crippen LogP contribution in [0.4, 0.5) is 13.2 Å². The van der Waals surface area contributed by atoms with Crippen LogP contribution >= 0.6 is 0 Å².